The molecular weight excluding hydrogens is 279 g/mol. The predicted octanol–water partition coefficient (Wildman–Crippen LogP) is 4.23. The molecule has 2 rings (SSSR count). The number of hydrogen-bond acceptors (Lipinski definition) is 2. The van der Waals surface area contributed by atoms with Crippen LogP contribution in [0.2, 0.25) is 10.0 Å². The Kier molecular flexibility index (Phi) is 4.31. The largest absolute Gasteiger partial charge is 0.398 e. The van der Waals surface area contributed by atoms with Gasteiger partial charge in [-0.05, 0) is 41.3 Å². The monoisotopic (exact) mass is 290 g/mol. The van der Waals surface area contributed by atoms with E-state index in [-0.39, 0.29) is 6.42 Å². The Bertz CT molecular complexity index is 628. The molecule has 0 atom stereocenters. The first-order valence-corrected chi connectivity index (χ1v) is 6.54. The molecule has 19 heavy (non-hydrogen) atoms. The molecule has 0 heterocycles. The average Bonchev–Trinajstić information content (AvgIpc) is 2.38. The van der Waals surface area contributed by atoms with Crippen molar-refractivity contribution < 1.29 is 0 Å². The first-order valence-electron chi connectivity index (χ1n) is 5.78. The van der Waals surface area contributed by atoms with E-state index in [1.165, 1.54) is 0 Å². The molecule has 0 radical (unpaired) electrons. The molecule has 2 N–H and O–H groups in total. The molecule has 0 aliphatic rings. The SMILES string of the molecule is N#CCc1cc(Cc2ccc(Cl)cc2)c(N)cc1Cl. The van der Waals surface area contributed by atoms with Crippen molar-refractivity contribution in [2.75, 3.05) is 5.73 Å². The van der Waals surface area contributed by atoms with Gasteiger partial charge in [-0.15, -0.1) is 0 Å². The fraction of sp³-hybridized carbons (Fsp3) is 0.133. The van der Waals surface area contributed by atoms with Gasteiger partial charge in [0.1, 0.15) is 0 Å². The summed E-state index contributed by atoms with van der Waals surface area (Å²) in [6.07, 6.45) is 0.978. The molecule has 0 saturated heterocycles. The molecule has 0 saturated carbocycles. The summed E-state index contributed by atoms with van der Waals surface area (Å²) in [6, 6.07) is 13.3. The Morgan fingerprint density at radius 3 is 2.37 bits per heavy atom. The van der Waals surface area contributed by atoms with Gasteiger partial charge in [0.25, 0.3) is 0 Å². The topological polar surface area (TPSA) is 49.8 Å². The highest BCUT2D eigenvalue weighted by Crippen LogP contribution is 2.26. The van der Waals surface area contributed by atoms with Crippen LogP contribution in [-0.4, -0.2) is 0 Å². The third-order valence-electron chi connectivity index (χ3n) is 2.89. The lowest BCUT2D eigenvalue weighted by Crippen LogP contribution is -1.98. The molecule has 0 spiro atoms. The Hall–Kier alpha value is -1.69. The van der Waals surface area contributed by atoms with E-state index in [0.717, 1.165) is 16.7 Å². The Morgan fingerprint density at radius 1 is 1.05 bits per heavy atom. The normalized spacial score (nSPS) is 10.2. The molecule has 0 unspecified atom stereocenters. The summed E-state index contributed by atoms with van der Waals surface area (Å²) in [5, 5.41) is 10.0. The van der Waals surface area contributed by atoms with Crippen molar-refractivity contribution in [3.05, 3.63) is 63.1 Å². The minimum absolute atomic E-state index is 0.284. The molecular formula is C15H12Cl2N2. The van der Waals surface area contributed by atoms with E-state index in [9.17, 15) is 0 Å². The van der Waals surface area contributed by atoms with E-state index in [4.69, 9.17) is 34.2 Å². The van der Waals surface area contributed by atoms with Gasteiger partial charge in [-0.25, -0.2) is 0 Å². The molecule has 0 aromatic heterocycles. The van der Waals surface area contributed by atoms with Crippen LogP contribution >= 0.6 is 23.2 Å². The average molecular weight is 291 g/mol. The quantitative estimate of drug-likeness (QED) is 0.860. The van der Waals surface area contributed by atoms with Gasteiger partial charge in [0.15, 0.2) is 0 Å². The second-order valence-corrected chi connectivity index (χ2v) is 5.12. The highest BCUT2D eigenvalue weighted by Gasteiger charge is 2.07. The zero-order valence-electron chi connectivity index (χ0n) is 10.2. The molecule has 2 aromatic rings. The Labute approximate surface area is 122 Å². The van der Waals surface area contributed by atoms with Crippen molar-refractivity contribution >= 4 is 28.9 Å². The number of nitrogen functional groups attached to an aromatic ring is 1. The summed E-state index contributed by atoms with van der Waals surface area (Å²) in [6.45, 7) is 0. The van der Waals surface area contributed by atoms with E-state index in [1.807, 2.05) is 30.3 Å². The van der Waals surface area contributed by atoms with Crippen LogP contribution in [0.5, 0.6) is 0 Å². The lowest BCUT2D eigenvalue weighted by atomic mass is 10.00. The molecule has 4 heteroatoms. The predicted molar refractivity (Wildman–Crippen MR) is 79.4 cm³/mol. The maximum Gasteiger partial charge on any atom is 0.0670 e. The van der Waals surface area contributed by atoms with Crippen LogP contribution in [0.1, 0.15) is 16.7 Å². The maximum absolute atomic E-state index is 8.77. The fourth-order valence-electron chi connectivity index (χ4n) is 1.88. The third-order valence-corrected chi connectivity index (χ3v) is 3.49. The zero-order chi connectivity index (χ0) is 13.8. The van der Waals surface area contributed by atoms with E-state index in [2.05, 4.69) is 6.07 Å². The van der Waals surface area contributed by atoms with Crippen LogP contribution in [0, 0.1) is 11.3 Å². The Balaban J connectivity index is 2.32. The van der Waals surface area contributed by atoms with Gasteiger partial charge in [-0.2, -0.15) is 5.26 Å². The number of hydrogen-bond donors (Lipinski definition) is 1. The van der Waals surface area contributed by atoms with Crippen molar-refractivity contribution in [3.63, 3.8) is 0 Å². The molecule has 0 aliphatic heterocycles. The van der Waals surface area contributed by atoms with Crippen molar-refractivity contribution in [3.8, 4) is 6.07 Å². The van der Waals surface area contributed by atoms with Crippen molar-refractivity contribution in [2.45, 2.75) is 12.8 Å². The third kappa shape index (κ3) is 3.41. The summed E-state index contributed by atoms with van der Waals surface area (Å²) in [4.78, 5) is 0. The minimum Gasteiger partial charge on any atom is -0.398 e. The summed E-state index contributed by atoms with van der Waals surface area (Å²) in [5.41, 5.74) is 9.50. The lowest BCUT2D eigenvalue weighted by Gasteiger charge is -2.09. The van der Waals surface area contributed by atoms with Gasteiger partial charge >= 0.3 is 0 Å². The molecule has 0 amide bonds. The van der Waals surface area contributed by atoms with Crippen LogP contribution < -0.4 is 5.73 Å². The molecule has 0 fully saturated rings. The highest BCUT2D eigenvalue weighted by atomic mass is 35.5. The van der Waals surface area contributed by atoms with Gasteiger partial charge in [-0.1, -0.05) is 41.4 Å². The molecule has 0 bridgehead atoms. The van der Waals surface area contributed by atoms with E-state index < -0.39 is 0 Å². The number of nitriles is 1. The van der Waals surface area contributed by atoms with Crippen LogP contribution in [-0.2, 0) is 12.8 Å². The maximum atomic E-state index is 8.77. The lowest BCUT2D eigenvalue weighted by molar-refractivity contribution is 1.17. The number of rotatable bonds is 3. The number of nitrogens with zero attached hydrogens (tertiary/aromatic N) is 1. The smallest absolute Gasteiger partial charge is 0.0670 e. The molecule has 96 valence electrons. The molecule has 0 aliphatic carbocycles. The van der Waals surface area contributed by atoms with E-state index in [1.54, 1.807) is 6.07 Å². The van der Waals surface area contributed by atoms with Gasteiger partial charge in [0.05, 0.1) is 12.5 Å². The van der Waals surface area contributed by atoms with Gasteiger partial charge in [-0.3, -0.25) is 0 Å². The Morgan fingerprint density at radius 2 is 1.74 bits per heavy atom. The van der Waals surface area contributed by atoms with Crippen molar-refractivity contribution in [1.29, 1.82) is 5.26 Å². The second kappa shape index (κ2) is 5.97. The summed E-state index contributed by atoms with van der Waals surface area (Å²) in [5.74, 6) is 0. The van der Waals surface area contributed by atoms with Gasteiger partial charge in [0.2, 0.25) is 0 Å². The number of halogens is 2. The zero-order valence-corrected chi connectivity index (χ0v) is 11.7. The van der Waals surface area contributed by atoms with E-state index >= 15 is 0 Å². The van der Waals surface area contributed by atoms with Gasteiger partial charge in [0, 0.05) is 15.7 Å². The number of nitrogens with two attached hydrogens (primary N) is 1. The van der Waals surface area contributed by atoms with Crippen molar-refractivity contribution in [2.24, 2.45) is 0 Å². The summed E-state index contributed by atoms with van der Waals surface area (Å²) < 4.78 is 0. The minimum atomic E-state index is 0.284. The first kappa shape index (κ1) is 13.7. The standard InChI is InChI=1S/C15H12Cl2N2/c16-13-3-1-10(2-4-13)7-12-8-11(5-6-18)14(17)9-15(12)19/h1-4,8-9H,5,7,19H2. The summed E-state index contributed by atoms with van der Waals surface area (Å²) in [7, 11) is 0. The second-order valence-electron chi connectivity index (χ2n) is 4.28. The number of benzene rings is 2. The highest BCUT2D eigenvalue weighted by molar-refractivity contribution is 6.31. The van der Waals surface area contributed by atoms with Gasteiger partial charge < -0.3 is 5.73 Å². The van der Waals surface area contributed by atoms with Crippen LogP contribution in [0.4, 0.5) is 5.69 Å². The molecule has 2 nitrogen and oxygen atoms in total. The molecule has 2 aromatic carbocycles. The van der Waals surface area contributed by atoms with Crippen LogP contribution in [0.25, 0.3) is 0 Å². The van der Waals surface area contributed by atoms with Crippen LogP contribution in [0.15, 0.2) is 36.4 Å². The van der Waals surface area contributed by atoms with E-state index in [0.29, 0.717) is 22.2 Å². The van der Waals surface area contributed by atoms with Crippen LogP contribution in [0.3, 0.4) is 0 Å². The number of anilines is 1. The first-order chi connectivity index (χ1) is 9.10. The summed E-state index contributed by atoms with van der Waals surface area (Å²) >= 11 is 11.9. The van der Waals surface area contributed by atoms with Crippen molar-refractivity contribution in [1.82, 2.24) is 0 Å². The fourth-order valence-corrected chi connectivity index (χ4v) is 2.25.